The topological polar surface area (TPSA) is 54.5 Å². The minimum absolute atomic E-state index is 0. The molecule has 0 saturated heterocycles. The minimum atomic E-state index is -2.03. The molecule has 0 unspecified atom stereocenters. The Balaban J connectivity index is 0.000000214. The number of hydrogen-bond donors (Lipinski definition) is 0. The predicted octanol–water partition coefficient (Wildman–Crippen LogP) is 13.4. The van der Waals surface area contributed by atoms with Crippen molar-refractivity contribution in [2.75, 3.05) is 0 Å². The molecule has 291 valence electrons. The zero-order chi connectivity index (χ0) is 41.0. The Bertz CT molecular complexity index is 3020. The Morgan fingerprint density at radius 3 is 2.24 bits per heavy atom. The van der Waals surface area contributed by atoms with Crippen LogP contribution < -0.4 is 4.40 Å². The van der Waals surface area contributed by atoms with Crippen molar-refractivity contribution in [2.45, 2.75) is 63.2 Å². The number of nitriles is 1. The average Bonchev–Trinajstić information content (AvgIpc) is 3.80. The van der Waals surface area contributed by atoms with Crippen LogP contribution in [0.1, 0.15) is 58.6 Å². The summed E-state index contributed by atoms with van der Waals surface area (Å²) < 4.78 is 14.2. The molecular weight excluding hydrogens is 965 g/mol. The molecule has 0 atom stereocenters. The first-order valence-electron chi connectivity index (χ1n) is 19.9. The van der Waals surface area contributed by atoms with E-state index < -0.39 is 19.2 Å². The summed E-state index contributed by atoms with van der Waals surface area (Å²) in [5, 5.41) is 14.3. The molecule has 0 aliphatic carbocycles. The molecule has 0 saturated carbocycles. The van der Waals surface area contributed by atoms with E-state index in [0.29, 0.717) is 5.56 Å². The van der Waals surface area contributed by atoms with Gasteiger partial charge >= 0.3 is 120 Å². The number of fused-ring (bicyclic) bond motifs is 6. The smallest absolute Gasteiger partial charge is 0 e. The molecule has 0 amide bonds. The summed E-state index contributed by atoms with van der Waals surface area (Å²) in [5.74, 6) is 7.28. The van der Waals surface area contributed by atoms with E-state index in [1.807, 2.05) is 62.5 Å². The van der Waals surface area contributed by atoms with E-state index in [1.54, 1.807) is 11.3 Å². The summed E-state index contributed by atoms with van der Waals surface area (Å²) in [6.07, 6.45) is 2.00. The third-order valence-corrected chi connectivity index (χ3v) is 16.0. The second kappa shape index (κ2) is 16.4. The standard InChI is InChI=1S/C34H24N3S.C17H22GeN.Ir/c1-34(2,3)23-14-16-24(17-15-23)37-28-19-13-21-8-4-5-9-25(21)31(28)36-33(37)27-18-12-22(20-35)30-26-10-6-7-11-29(26)38-32(27)30;1-13(2)15-11-17(14-9-7-6-8-10-14)19-12-16(15)18(3,4)5;/h4-17,19H,1-3H3;6-9,11-13H,1-5H3;/q2*-1;/i;13D;. The van der Waals surface area contributed by atoms with E-state index in [1.165, 1.54) is 9.96 Å². The van der Waals surface area contributed by atoms with Crippen molar-refractivity contribution in [1.82, 2.24) is 14.5 Å². The molecule has 0 aliphatic rings. The van der Waals surface area contributed by atoms with Gasteiger partial charge in [0.25, 0.3) is 0 Å². The van der Waals surface area contributed by atoms with E-state index >= 15 is 0 Å². The molecule has 0 aliphatic heterocycles. The van der Waals surface area contributed by atoms with Crippen LogP contribution in [0.5, 0.6) is 0 Å². The molecule has 3 heterocycles. The summed E-state index contributed by atoms with van der Waals surface area (Å²) in [6.45, 7) is 10.6. The Labute approximate surface area is 363 Å². The summed E-state index contributed by atoms with van der Waals surface area (Å²) in [7, 11) is 0. The number of nitrogens with zero attached hydrogens (tertiary/aromatic N) is 4. The fraction of sp³-hybridized carbons (Fsp3) is 0.196. The van der Waals surface area contributed by atoms with E-state index in [0.717, 1.165) is 75.9 Å². The second-order valence-electron chi connectivity index (χ2n) is 16.9. The monoisotopic (exact) mass is 1010 g/mol. The second-order valence-corrected chi connectivity index (χ2v) is 28.5. The van der Waals surface area contributed by atoms with E-state index in [9.17, 15) is 5.26 Å². The molecule has 1 radical (unpaired) electrons. The van der Waals surface area contributed by atoms with Crippen molar-refractivity contribution < 1.29 is 21.5 Å². The van der Waals surface area contributed by atoms with Crippen LogP contribution in [-0.2, 0) is 25.5 Å². The van der Waals surface area contributed by atoms with Crippen molar-refractivity contribution in [2.24, 2.45) is 0 Å². The van der Waals surface area contributed by atoms with Crippen LogP contribution in [-0.4, -0.2) is 27.8 Å². The van der Waals surface area contributed by atoms with Gasteiger partial charge in [0.05, 0.1) is 16.9 Å². The van der Waals surface area contributed by atoms with Gasteiger partial charge in [0.15, 0.2) is 0 Å². The van der Waals surface area contributed by atoms with Gasteiger partial charge in [-0.25, -0.2) is 5.26 Å². The molecule has 0 bridgehead atoms. The molecule has 3 aromatic heterocycles. The van der Waals surface area contributed by atoms with Gasteiger partial charge in [-0.3, -0.25) is 4.98 Å². The quantitative estimate of drug-likeness (QED) is 0.128. The Hall–Kier alpha value is -4.90. The maximum absolute atomic E-state index is 9.95. The number of imidazole rings is 1. The van der Waals surface area contributed by atoms with Crippen molar-refractivity contribution in [1.29, 1.82) is 5.26 Å². The zero-order valence-electron chi connectivity index (χ0n) is 35.2. The fourth-order valence-corrected chi connectivity index (χ4v) is 12.1. The molecular formula is C51H46GeIrN4S-2. The number of benzene rings is 6. The van der Waals surface area contributed by atoms with Crippen LogP contribution in [0.3, 0.4) is 0 Å². The first-order valence-corrected chi connectivity index (χ1v) is 27.5. The summed E-state index contributed by atoms with van der Waals surface area (Å²) >= 11 is -0.326. The van der Waals surface area contributed by atoms with Gasteiger partial charge in [-0.05, 0) is 56.3 Å². The van der Waals surface area contributed by atoms with Crippen molar-refractivity contribution >= 4 is 71.0 Å². The third-order valence-electron chi connectivity index (χ3n) is 10.6. The fourth-order valence-electron chi connectivity index (χ4n) is 7.54. The summed E-state index contributed by atoms with van der Waals surface area (Å²) in [6, 6.07) is 50.7. The molecule has 0 spiro atoms. The van der Waals surface area contributed by atoms with Crippen molar-refractivity contribution in [3.63, 3.8) is 0 Å². The van der Waals surface area contributed by atoms with Crippen LogP contribution in [0.25, 0.3) is 70.3 Å². The first-order chi connectivity index (χ1) is 27.6. The van der Waals surface area contributed by atoms with Crippen molar-refractivity contribution in [3.8, 4) is 34.4 Å². The van der Waals surface area contributed by atoms with Crippen LogP contribution in [0.2, 0.25) is 17.3 Å². The number of thiophene rings is 1. The number of hydrogen-bond acceptors (Lipinski definition) is 4. The molecule has 58 heavy (non-hydrogen) atoms. The normalized spacial score (nSPS) is 12.2. The molecule has 6 aromatic carbocycles. The van der Waals surface area contributed by atoms with Gasteiger partial charge < -0.3 is 4.57 Å². The first kappa shape index (κ1) is 39.9. The van der Waals surface area contributed by atoms with Crippen LogP contribution in [0.4, 0.5) is 0 Å². The van der Waals surface area contributed by atoms with Crippen molar-refractivity contribution in [3.05, 3.63) is 156 Å². The van der Waals surface area contributed by atoms with Crippen LogP contribution in [0.15, 0.2) is 128 Å². The molecule has 0 fully saturated rings. The SMILES string of the molecule is CC(C)(C)c1ccc(-n2c(-c3[c-]cc(C#N)c4c3sc3ccccc34)nc3c4ccccc4ccc32)cc1.[2H]C(C)(C)c1cc(-c2[c-]cccc2)nc[c]1[Ge]([CH3])([CH3])[CH3].[Ir]. The van der Waals surface area contributed by atoms with E-state index in [2.05, 4.69) is 145 Å². The Morgan fingerprint density at radius 2 is 1.57 bits per heavy atom. The number of aromatic nitrogens is 3. The van der Waals surface area contributed by atoms with Gasteiger partial charge in [0.2, 0.25) is 0 Å². The summed E-state index contributed by atoms with van der Waals surface area (Å²) in [4.78, 5) is 9.91. The average molecular weight is 1010 g/mol. The predicted molar refractivity (Wildman–Crippen MR) is 245 cm³/mol. The Morgan fingerprint density at radius 1 is 0.862 bits per heavy atom. The number of pyridine rings is 1. The van der Waals surface area contributed by atoms with Gasteiger partial charge in [-0.1, -0.05) is 92.4 Å². The molecule has 4 nitrogen and oxygen atoms in total. The van der Waals surface area contributed by atoms with Gasteiger partial charge in [-0.15, -0.1) is 12.1 Å². The van der Waals surface area contributed by atoms with Crippen LogP contribution in [0, 0.1) is 23.5 Å². The van der Waals surface area contributed by atoms with E-state index in [-0.39, 0.29) is 25.5 Å². The minimum Gasteiger partial charge on any atom is 0 e. The molecule has 9 aromatic rings. The van der Waals surface area contributed by atoms with Gasteiger partial charge in [0.1, 0.15) is 0 Å². The number of rotatable bonds is 5. The molecule has 7 heteroatoms. The Kier molecular flexibility index (Phi) is 11.3. The largest absolute Gasteiger partial charge is 0 e. The van der Waals surface area contributed by atoms with Gasteiger partial charge in [-0.2, -0.15) is 11.3 Å². The maximum atomic E-state index is 9.95. The van der Waals surface area contributed by atoms with Crippen LogP contribution >= 0.6 is 11.3 Å². The zero-order valence-corrected chi connectivity index (χ0v) is 39.5. The molecule has 9 rings (SSSR count). The molecule has 0 N–H and O–H groups in total. The third kappa shape index (κ3) is 7.82. The maximum Gasteiger partial charge on any atom is 0 e. The summed E-state index contributed by atoms with van der Waals surface area (Å²) in [5.41, 5.74) is 9.00. The van der Waals surface area contributed by atoms with Gasteiger partial charge in [0, 0.05) is 41.9 Å². The van der Waals surface area contributed by atoms with E-state index in [4.69, 9.17) is 6.35 Å².